The second kappa shape index (κ2) is 10.9. The number of carbonyl (C=O) groups excluding carboxylic acids is 1. The van der Waals surface area contributed by atoms with E-state index in [0.717, 1.165) is 17.0 Å². The smallest absolute Gasteiger partial charge is 0.435 e. The van der Waals surface area contributed by atoms with Gasteiger partial charge in [-0.3, -0.25) is 9.59 Å². The molecule has 2 fully saturated rings. The van der Waals surface area contributed by atoms with Crippen molar-refractivity contribution in [1.29, 1.82) is 0 Å². The van der Waals surface area contributed by atoms with E-state index in [2.05, 4.69) is 0 Å². The molecule has 1 saturated carbocycles. The highest BCUT2D eigenvalue weighted by Crippen LogP contribution is 2.54. The molecule has 0 spiro atoms. The minimum absolute atomic E-state index is 0.0560. The first kappa shape index (κ1) is 33.6. The fraction of sp³-hybridized carbons (Fsp3) is 0.500. The molecule has 0 unspecified atom stereocenters. The van der Waals surface area contributed by atoms with Crippen molar-refractivity contribution in [2.24, 2.45) is 5.92 Å². The lowest BCUT2D eigenvalue weighted by atomic mass is 9.79. The molecular formula is C28H26F9NO5S. The number of hydrogen-bond donors (Lipinski definition) is 1. The van der Waals surface area contributed by atoms with E-state index in [-0.39, 0.29) is 30.5 Å². The summed E-state index contributed by atoms with van der Waals surface area (Å²) in [5.41, 5.74) is -10.6. The summed E-state index contributed by atoms with van der Waals surface area (Å²) in [6.07, 6.45) is -14.7. The fourth-order valence-corrected chi connectivity index (χ4v) is 7.93. The van der Waals surface area contributed by atoms with Gasteiger partial charge in [0.15, 0.2) is 15.5 Å². The number of carbonyl (C=O) groups is 2. The van der Waals surface area contributed by atoms with E-state index in [1.807, 2.05) is 0 Å². The molecule has 1 heterocycles. The zero-order valence-electron chi connectivity index (χ0n) is 22.9. The van der Waals surface area contributed by atoms with E-state index < -0.39 is 110 Å². The van der Waals surface area contributed by atoms with Crippen LogP contribution in [0.5, 0.6) is 0 Å². The van der Waals surface area contributed by atoms with Gasteiger partial charge in [0.1, 0.15) is 10.6 Å². The standard InChI is InChI=1S/C28H26F9NO5S/c1-16-2-7-20(14-21(16)29)44(42,43)25(18-3-5-19(6-4-18)26(31,27(32,33)34)28(35,36)37)12-13-38(15-25)23(41)24(30)10-8-17(9-11-24)22(39)40/h2-7,14,17H,8-13,15H2,1H3,(H,39,40)/t17-,24+,25-/m0/s1. The van der Waals surface area contributed by atoms with Crippen molar-refractivity contribution in [3.63, 3.8) is 0 Å². The first-order valence-electron chi connectivity index (χ1n) is 13.3. The van der Waals surface area contributed by atoms with Crippen LogP contribution in [0.4, 0.5) is 39.5 Å². The maximum absolute atomic E-state index is 15.8. The van der Waals surface area contributed by atoms with Gasteiger partial charge in [0.2, 0.25) is 0 Å². The SMILES string of the molecule is Cc1ccc(S(=O)(=O)[C@@]2(c3ccc(C(F)(C(F)(F)F)C(F)(F)F)cc3)CCN(C(=O)[C@]3(F)CC[C@@H](C(=O)O)CC3)C2)cc1F. The lowest BCUT2D eigenvalue weighted by Crippen LogP contribution is -2.50. The molecule has 2 aliphatic rings. The van der Waals surface area contributed by atoms with Crippen LogP contribution in [0, 0.1) is 18.7 Å². The molecule has 0 aromatic heterocycles. The second-order valence-corrected chi connectivity index (χ2v) is 13.5. The van der Waals surface area contributed by atoms with E-state index in [1.54, 1.807) is 0 Å². The Labute approximate surface area is 245 Å². The topological polar surface area (TPSA) is 91.8 Å². The normalized spacial score (nSPS) is 25.2. The van der Waals surface area contributed by atoms with Gasteiger partial charge in [0.05, 0.1) is 10.8 Å². The molecule has 1 aliphatic heterocycles. The van der Waals surface area contributed by atoms with Crippen molar-refractivity contribution in [3.8, 4) is 0 Å². The molecule has 0 bridgehead atoms. The Morgan fingerprint density at radius 2 is 1.45 bits per heavy atom. The number of sulfone groups is 1. The quantitative estimate of drug-likeness (QED) is 0.368. The van der Waals surface area contributed by atoms with Crippen molar-refractivity contribution < 1.29 is 62.6 Å². The lowest BCUT2D eigenvalue weighted by Gasteiger charge is -2.35. The highest BCUT2D eigenvalue weighted by atomic mass is 32.2. The largest absolute Gasteiger partial charge is 0.481 e. The number of aryl methyl sites for hydroxylation is 1. The Bertz CT molecular complexity index is 1530. The minimum Gasteiger partial charge on any atom is -0.481 e. The maximum Gasteiger partial charge on any atom is 0.435 e. The number of carboxylic acid groups (broad SMARTS) is 1. The van der Waals surface area contributed by atoms with Crippen molar-refractivity contribution in [2.45, 2.75) is 72.4 Å². The molecule has 0 radical (unpaired) electrons. The predicted molar refractivity (Wildman–Crippen MR) is 136 cm³/mol. The molecule has 1 atom stereocenters. The fourth-order valence-electron chi connectivity index (χ4n) is 5.84. The Balaban J connectivity index is 1.79. The van der Waals surface area contributed by atoms with E-state index in [4.69, 9.17) is 0 Å². The average Bonchev–Trinajstić information content (AvgIpc) is 3.40. The Hall–Kier alpha value is -3.30. The predicted octanol–water partition coefficient (Wildman–Crippen LogP) is 6.31. The van der Waals surface area contributed by atoms with Crippen molar-refractivity contribution in [3.05, 3.63) is 65.0 Å². The monoisotopic (exact) mass is 659 g/mol. The van der Waals surface area contributed by atoms with Crippen LogP contribution < -0.4 is 0 Å². The summed E-state index contributed by atoms with van der Waals surface area (Å²) < 4.78 is 151. The molecule has 1 amide bonds. The Kier molecular flexibility index (Phi) is 8.36. The number of halogens is 9. The molecule has 16 heteroatoms. The van der Waals surface area contributed by atoms with Crippen LogP contribution in [-0.4, -0.2) is 61.4 Å². The number of nitrogens with zero attached hydrogens (tertiary/aromatic N) is 1. The van der Waals surface area contributed by atoms with Crippen LogP contribution >= 0.6 is 0 Å². The summed E-state index contributed by atoms with van der Waals surface area (Å²) in [7, 11) is -4.81. The van der Waals surface area contributed by atoms with Gasteiger partial charge in [-0.15, -0.1) is 0 Å². The highest BCUT2D eigenvalue weighted by molar-refractivity contribution is 7.92. The molecule has 2 aromatic carbocycles. The molecule has 6 nitrogen and oxygen atoms in total. The van der Waals surface area contributed by atoms with Gasteiger partial charge in [0, 0.05) is 18.7 Å². The number of alkyl halides is 8. The Morgan fingerprint density at radius 1 is 0.909 bits per heavy atom. The summed E-state index contributed by atoms with van der Waals surface area (Å²) in [6.45, 7) is 0.0805. The number of rotatable bonds is 6. The van der Waals surface area contributed by atoms with Crippen LogP contribution in [0.1, 0.15) is 48.8 Å². The van der Waals surface area contributed by atoms with E-state index in [9.17, 15) is 58.2 Å². The zero-order valence-corrected chi connectivity index (χ0v) is 23.7. The number of carboxylic acids is 1. The van der Waals surface area contributed by atoms with Crippen LogP contribution in [0.2, 0.25) is 0 Å². The second-order valence-electron chi connectivity index (χ2n) is 11.2. The minimum atomic E-state index is -6.43. The van der Waals surface area contributed by atoms with Crippen LogP contribution in [0.3, 0.4) is 0 Å². The number of aliphatic carboxylic acids is 1. The maximum atomic E-state index is 15.8. The molecule has 242 valence electrons. The number of benzene rings is 2. The van der Waals surface area contributed by atoms with Gasteiger partial charge in [-0.05, 0) is 62.3 Å². The van der Waals surface area contributed by atoms with Gasteiger partial charge in [-0.2, -0.15) is 26.3 Å². The Morgan fingerprint density at radius 3 is 1.93 bits per heavy atom. The van der Waals surface area contributed by atoms with Crippen molar-refractivity contribution >= 4 is 21.7 Å². The molecule has 1 aliphatic carbocycles. The highest BCUT2D eigenvalue weighted by Gasteiger charge is 2.73. The number of likely N-dealkylation sites (tertiary alicyclic amines) is 1. The van der Waals surface area contributed by atoms with E-state index >= 15 is 4.39 Å². The molecule has 1 saturated heterocycles. The van der Waals surface area contributed by atoms with Gasteiger partial charge in [-0.25, -0.2) is 21.6 Å². The zero-order chi connectivity index (χ0) is 33.1. The average molecular weight is 660 g/mol. The van der Waals surface area contributed by atoms with Gasteiger partial charge in [0.25, 0.3) is 5.91 Å². The molecule has 4 rings (SSSR count). The van der Waals surface area contributed by atoms with Crippen LogP contribution in [0.25, 0.3) is 0 Å². The van der Waals surface area contributed by atoms with Gasteiger partial charge in [-0.1, -0.05) is 30.3 Å². The molecule has 1 N–H and O–H groups in total. The molecular weight excluding hydrogens is 633 g/mol. The molecule has 2 aromatic rings. The third-order valence-electron chi connectivity index (χ3n) is 8.59. The lowest BCUT2D eigenvalue weighted by molar-refractivity contribution is -0.348. The van der Waals surface area contributed by atoms with Crippen molar-refractivity contribution in [1.82, 2.24) is 4.90 Å². The first-order chi connectivity index (χ1) is 20.1. The summed E-state index contributed by atoms with van der Waals surface area (Å²) in [5, 5.41) is 9.19. The molecule has 44 heavy (non-hydrogen) atoms. The third kappa shape index (κ3) is 5.32. The number of hydrogen-bond acceptors (Lipinski definition) is 4. The van der Waals surface area contributed by atoms with Crippen LogP contribution in [0.15, 0.2) is 47.4 Å². The van der Waals surface area contributed by atoms with Crippen molar-refractivity contribution in [2.75, 3.05) is 13.1 Å². The summed E-state index contributed by atoms with van der Waals surface area (Å²) in [4.78, 5) is 24.8. The van der Waals surface area contributed by atoms with Gasteiger partial charge >= 0.3 is 24.0 Å². The first-order valence-corrected chi connectivity index (χ1v) is 14.7. The van der Waals surface area contributed by atoms with E-state index in [0.29, 0.717) is 18.2 Å². The number of amides is 1. The summed E-state index contributed by atoms with van der Waals surface area (Å²) >= 11 is 0. The van der Waals surface area contributed by atoms with Gasteiger partial charge < -0.3 is 10.0 Å². The van der Waals surface area contributed by atoms with E-state index in [1.165, 1.54) is 6.92 Å². The third-order valence-corrected chi connectivity index (χ3v) is 11.1. The van der Waals surface area contributed by atoms with Crippen LogP contribution in [-0.2, 0) is 29.8 Å². The summed E-state index contributed by atoms with van der Waals surface area (Å²) in [5.74, 6) is -4.18. The summed E-state index contributed by atoms with van der Waals surface area (Å²) in [6, 6.07) is 4.20.